The molecule has 0 unspecified atom stereocenters. The highest BCUT2D eigenvalue weighted by Crippen LogP contribution is 2.57. The van der Waals surface area contributed by atoms with Gasteiger partial charge in [-0.25, -0.2) is 13.2 Å². The average molecular weight is 625 g/mol. The second-order valence-corrected chi connectivity index (χ2v) is 12.2. The summed E-state index contributed by atoms with van der Waals surface area (Å²) in [6, 6.07) is 33.9. The molecule has 7 aromatic carbocycles. The first-order chi connectivity index (χ1) is 22.8. The van der Waals surface area contributed by atoms with Crippen molar-refractivity contribution < 1.29 is 27.9 Å². The van der Waals surface area contributed by atoms with Crippen molar-refractivity contribution >= 4 is 54.8 Å². The van der Waals surface area contributed by atoms with Crippen LogP contribution in [0.1, 0.15) is 52.2 Å². The molecule has 1 aliphatic rings. The third kappa shape index (κ3) is 4.43. The Bertz CT molecular complexity index is 2340. The van der Waals surface area contributed by atoms with Crippen molar-refractivity contribution in [3.63, 3.8) is 0 Å². The summed E-state index contributed by atoms with van der Waals surface area (Å²) in [7, 11) is 0. The van der Waals surface area contributed by atoms with Gasteiger partial charge in [0.05, 0.1) is 5.56 Å². The summed E-state index contributed by atoms with van der Waals surface area (Å²) >= 11 is 0. The van der Waals surface area contributed by atoms with Gasteiger partial charge >= 0.3 is 5.97 Å². The predicted octanol–water partition coefficient (Wildman–Crippen LogP) is 10.5. The molecule has 0 saturated carbocycles. The number of Topliss-reactive ketones (excluding diaryl/α,β-unsaturated/α-hetero) is 1. The van der Waals surface area contributed by atoms with Gasteiger partial charge in [0.15, 0.2) is 17.4 Å². The molecule has 6 heteroatoms. The molecule has 1 N–H and O–H groups in total. The van der Waals surface area contributed by atoms with Crippen LogP contribution in [0.4, 0.5) is 13.2 Å². The second kappa shape index (κ2) is 11.1. The summed E-state index contributed by atoms with van der Waals surface area (Å²) < 4.78 is 45.3. The number of hydrogen-bond donors (Lipinski definition) is 1. The van der Waals surface area contributed by atoms with Crippen LogP contribution in [0, 0.1) is 17.5 Å². The first kappa shape index (κ1) is 28.9. The molecular weight excluding hydrogens is 597 g/mol. The number of aliphatic carboxylic acids is 1. The van der Waals surface area contributed by atoms with Gasteiger partial charge in [-0.05, 0) is 90.7 Å². The molecule has 8 rings (SSSR count). The van der Waals surface area contributed by atoms with E-state index in [9.17, 15) is 14.0 Å². The summed E-state index contributed by atoms with van der Waals surface area (Å²) in [5.74, 6) is -6.65. The standard InChI is InChI=1S/C41H27F3O3/c42-33-20-32(34(45)21-35(46)47)40(43)31(41(33)44)19-9-18-30-36-26-14-5-1-10-22(26)24-12-3-7-16-28(24)38(36)39-29-17-8-4-13-25(29)23-11-2-6-15-27(23)37(30)39/h1-8,10-17,20,30H,9,18-19,21H2,(H,46,47). The molecular formula is C41H27F3O3. The SMILES string of the molecule is O=C(O)CC(=O)c1cc(F)c(F)c(CCCC2c3c(c4ccccc4c4ccccc34)-c3c2c2ccccc2c2ccccc32)c1F. The molecule has 0 radical (unpaired) electrons. The second-order valence-electron chi connectivity index (χ2n) is 12.2. The number of ketones is 1. The average Bonchev–Trinajstić information content (AvgIpc) is 3.43. The van der Waals surface area contributed by atoms with Gasteiger partial charge in [0.2, 0.25) is 0 Å². The van der Waals surface area contributed by atoms with E-state index in [-0.39, 0.29) is 18.8 Å². The normalized spacial score (nSPS) is 12.7. The van der Waals surface area contributed by atoms with E-state index in [1.165, 1.54) is 0 Å². The van der Waals surface area contributed by atoms with E-state index in [4.69, 9.17) is 5.11 Å². The Balaban J connectivity index is 1.34. The fourth-order valence-corrected chi connectivity index (χ4v) is 7.83. The van der Waals surface area contributed by atoms with Crippen LogP contribution >= 0.6 is 0 Å². The zero-order valence-corrected chi connectivity index (χ0v) is 25.1. The van der Waals surface area contributed by atoms with Gasteiger partial charge < -0.3 is 5.11 Å². The molecule has 0 spiro atoms. The minimum Gasteiger partial charge on any atom is -0.481 e. The number of carboxylic acid groups (broad SMARTS) is 1. The highest BCUT2D eigenvalue weighted by atomic mass is 19.2. The zero-order valence-electron chi connectivity index (χ0n) is 25.1. The Kier molecular flexibility index (Phi) is 6.83. The summed E-state index contributed by atoms with van der Waals surface area (Å²) in [6.45, 7) is 0. The van der Waals surface area contributed by atoms with E-state index in [0.29, 0.717) is 12.5 Å². The van der Waals surface area contributed by atoms with Gasteiger partial charge in [-0.2, -0.15) is 0 Å². The number of carbonyl (C=O) groups excluding carboxylic acids is 1. The quantitative estimate of drug-likeness (QED) is 0.0831. The zero-order chi connectivity index (χ0) is 32.4. The van der Waals surface area contributed by atoms with Crippen molar-refractivity contribution in [2.75, 3.05) is 0 Å². The molecule has 7 aromatic rings. The lowest BCUT2D eigenvalue weighted by Gasteiger charge is -2.19. The number of rotatable bonds is 7. The minimum atomic E-state index is -1.47. The van der Waals surface area contributed by atoms with Gasteiger partial charge in [0, 0.05) is 11.5 Å². The van der Waals surface area contributed by atoms with Crippen molar-refractivity contribution in [2.24, 2.45) is 0 Å². The lowest BCUT2D eigenvalue weighted by molar-refractivity contribution is -0.135. The molecule has 0 heterocycles. The number of benzene rings is 7. The van der Waals surface area contributed by atoms with Gasteiger partial charge in [-0.3, -0.25) is 9.59 Å². The highest BCUT2D eigenvalue weighted by Gasteiger charge is 2.35. The molecule has 1 aliphatic carbocycles. The first-order valence-corrected chi connectivity index (χ1v) is 15.6. The van der Waals surface area contributed by atoms with Gasteiger partial charge in [0.1, 0.15) is 12.2 Å². The van der Waals surface area contributed by atoms with Crippen LogP contribution < -0.4 is 0 Å². The molecule has 47 heavy (non-hydrogen) atoms. The van der Waals surface area contributed by atoms with Crippen molar-refractivity contribution in [1.29, 1.82) is 0 Å². The first-order valence-electron chi connectivity index (χ1n) is 15.6. The van der Waals surface area contributed by atoms with Crippen LogP contribution in [0.25, 0.3) is 54.2 Å². The fraction of sp³-hybridized carbons (Fsp3) is 0.122. The molecule has 0 fully saturated rings. The third-order valence-corrected chi connectivity index (χ3v) is 9.67. The molecule has 230 valence electrons. The predicted molar refractivity (Wildman–Crippen MR) is 180 cm³/mol. The minimum absolute atomic E-state index is 0.142. The third-order valence-electron chi connectivity index (χ3n) is 9.67. The maximum Gasteiger partial charge on any atom is 0.311 e. The van der Waals surface area contributed by atoms with E-state index in [0.717, 1.165) is 65.3 Å². The number of halogens is 3. The summed E-state index contributed by atoms with van der Waals surface area (Å²) in [5.41, 5.74) is 3.36. The Hall–Kier alpha value is -5.49. The molecule has 0 aromatic heterocycles. The van der Waals surface area contributed by atoms with Crippen molar-refractivity contribution in [3.8, 4) is 11.1 Å². The molecule has 3 nitrogen and oxygen atoms in total. The van der Waals surface area contributed by atoms with Crippen LogP contribution in [-0.4, -0.2) is 16.9 Å². The van der Waals surface area contributed by atoms with E-state index in [2.05, 4.69) is 48.5 Å². The van der Waals surface area contributed by atoms with E-state index in [1.807, 2.05) is 48.5 Å². The van der Waals surface area contributed by atoms with Crippen molar-refractivity contribution in [1.82, 2.24) is 0 Å². The Labute approximate surface area is 267 Å². The Morgan fingerprint density at radius 1 is 0.596 bits per heavy atom. The van der Waals surface area contributed by atoms with Crippen molar-refractivity contribution in [2.45, 2.75) is 31.6 Å². The number of carbonyl (C=O) groups is 2. The molecule has 0 amide bonds. The Morgan fingerprint density at radius 3 is 1.49 bits per heavy atom. The number of hydrogen-bond acceptors (Lipinski definition) is 2. The number of carboxylic acids is 1. The van der Waals surface area contributed by atoms with Gasteiger partial charge in [-0.15, -0.1) is 0 Å². The van der Waals surface area contributed by atoms with Crippen LogP contribution in [0.2, 0.25) is 0 Å². The van der Waals surface area contributed by atoms with Crippen LogP contribution in [-0.2, 0) is 11.2 Å². The lowest BCUT2D eigenvalue weighted by atomic mass is 9.84. The Morgan fingerprint density at radius 2 is 1.02 bits per heavy atom. The largest absolute Gasteiger partial charge is 0.481 e. The lowest BCUT2D eigenvalue weighted by Crippen LogP contribution is -2.13. The topological polar surface area (TPSA) is 54.4 Å². The van der Waals surface area contributed by atoms with Gasteiger partial charge in [0.25, 0.3) is 0 Å². The summed E-state index contributed by atoms with van der Waals surface area (Å²) in [4.78, 5) is 23.5. The molecule has 0 atom stereocenters. The number of fused-ring (bicyclic) bond motifs is 13. The summed E-state index contributed by atoms with van der Waals surface area (Å²) in [6.07, 6.45) is -0.395. The van der Waals surface area contributed by atoms with Crippen LogP contribution in [0.3, 0.4) is 0 Å². The smallest absolute Gasteiger partial charge is 0.311 e. The monoisotopic (exact) mass is 624 g/mol. The fourth-order valence-electron chi connectivity index (χ4n) is 7.83. The maximum absolute atomic E-state index is 15.5. The van der Waals surface area contributed by atoms with E-state index < -0.39 is 46.8 Å². The van der Waals surface area contributed by atoms with Gasteiger partial charge in [-0.1, -0.05) is 97.1 Å². The van der Waals surface area contributed by atoms with E-state index >= 15 is 8.78 Å². The molecule has 0 saturated heterocycles. The highest BCUT2D eigenvalue weighted by molar-refractivity contribution is 6.25. The molecule has 0 bridgehead atoms. The maximum atomic E-state index is 15.5. The molecule has 0 aliphatic heterocycles. The van der Waals surface area contributed by atoms with Crippen LogP contribution in [0.15, 0.2) is 103 Å². The summed E-state index contributed by atoms with van der Waals surface area (Å²) in [5, 5.41) is 18.1. The van der Waals surface area contributed by atoms with Crippen LogP contribution in [0.5, 0.6) is 0 Å². The van der Waals surface area contributed by atoms with Crippen molar-refractivity contribution in [3.05, 3.63) is 143 Å². The van der Waals surface area contributed by atoms with E-state index in [1.54, 1.807) is 0 Å².